The lowest BCUT2D eigenvalue weighted by molar-refractivity contribution is -0.140. The number of aliphatic carboxylic acids is 1. The summed E-state index contributed by atoms with van der Waals surface area (Å²) in [5, 5.41) is 12.8. The van der Waals surface area contributed by atoms with Gasteiger partial charge in [0.05, 0.1) is 11.7 Å². The first-order valence-corrected chi connectivity index (χ1v) is 4.28. The zero-order chi connectivity index (χ0) is 8.36. The van der Waals surface area contributed by atoms with Crippen LogP contribution in [0.15, 0.2) is 0 Å². The third-order valence-corrected chi connectivity index (χ3v) is 1.87. The van der Waals surface area contributed by atoms with Crippen LogP contribution in [0.5, 0.6) is 0 Å². The molecular weight excluding hydrogens is 158 g/mol. The number of nitrogens with two attached hydrogens (primary N) is 1. The SMILES string of the molecule is C[C@H](CS(N)(=O)=O)C(=O)O. The summed E-state index contributed by atoms with van der Waals surface area (Å²) in [6.07, 6.45) is 0. The first-order valence-electron chi connectivity index (χ1n) is 2.56. The average Bonchev–Trinajstić information content (AvgIpc) is 1.60. The molecule has 10 heavy (non-hydrogen) atoms. The molecule has 60 valence electrons. The zero-order valence-corrected chi connectivity index (χ0v) is 6.26. The van der Waals surface area contributed by atoms with Crippen molar-refractivity contribution in [2.24, 2.45) is 11.1 Å². The molecule has 5 nitrogen and oxygen atoms in total. The van der Waals surface area contributed by atoms with Gasteiger partial charge >= 0.3 is 5.97 Å². The summed E-state index contributed by atoms with van der Waals surface area (Å²) in [6.45, 7) is 1.28. The average molecular weight is 167 g/mol. The van der Waals surface area contributed by atoms with Crippen molar-refractivity contribution in [1.82, 2.24) is 0 Å². The smallest absolute Gasteiger partial charge is 0.307 e. The number of hydrogen-bond acceptors (Lipinski definition) is 3. The molecule has 0 radical (unpaired) electrons. The van der Waals surface area contributed by atoms with Crippen LogP contribution >= 0.6 is 0 Å². The maximum atomic E-state index is 10.3. The summed E-state index contributed by atoms with van der Waals surface area (Å²) >= 11 is 0. The van der Waals surface area contributed by atoms with Crippen molar-refractivity contribution in [1.29, 1.82) is 0 Å². The minimum Gasteiger partial charge on any atom is -0.481 e. The summed E-state index contributed by atoms with van der Waals surface area (Å²) in [5.74, 6) is -2.61. The lowest BCUT2D eigenvalue weighted by atomic mass is 10.2. The summed E-state index contributed by atoms with van der Waals surface area (Å²) in [7, 11) is -3.65. The van der Waals surface area contributed by atoms with Crippen molar-refractivity contribution in [3.8, 4) is 0 Å². The molecule has 0 amide bonds. The maximum Gasteiger partial charge on any atom is 0.307 e. The molecule has 1 atom stereocenters. The monoisotopic (exact) mass is 167 g/mol. The van der Waals surface area contributed by atoms with Gasteiger partial charge in [0.25, 0.3) is 0 Å². The van der Waals surface area contributed by atoms with Gasteiger partial charge in [-0.1, -0.05) is 6.92 Å². The standard InChI is InChI=1S/C4H9NO4S/c1-3(4(6)7)2-10(5,8)9/h3H,2H2,1H3,(H,6,7)(H2,5,8,9)/t3-/m1/s1. The second-order valence-electron chi connectivity index (χ2n) is 2.07. The molecule has 0 unspecified atom stereocenters. The van der Waals surface area contributed by atoms with Crippen LogP contribution < -0.4 is 5.14 Å². The van der Waals surface area contributed by atoms with Gasteiger partial charge in [-0.05, 0) is 0 Å². The second-order valence-corrected chi connectivity index (χ2v) is 3.73. The number of carboxylic acid groups (broad SMARTS) is 1. The minimum absolute atomic E-state index is 0.512. The van der Waals surface area contributed by atoms with Gasteiger partial charge in [0.1, 0.15) is 0 Å². The Hall–Kier alpha value is -0.620. The van der Waals surface area contributed by atoms with Crippen molar-refractivity contribution in [3.63, 3.8) is 0 Å². The van der Waals surface area contributed by atoms with E-state index in [1.165, 1.54) is 6.92 Å². The van der Waals surface area contributed by atoms with Crippen molar-refractivity contribution in [2.45, 2.75) is 6.92 Å². The van der Waals surface area contributed by atoms with E-state index in [0.717, 1.165) is 0 Å². The highest BCUT2D eigenvalue weighted by Crippen LogP contribution is 1.96. The molecule has 0 spiro atoms. The van der Waals surface area contributed by atoms with Crippen LogP contribution in [0.3, 0.4) is 0 Å². The highest BCUT2D eigenvalue weighted by molar-refractivity contribution is 7.89. The lowest BCUT2D eigenvalue weighted by Crippen LogP contribution is -2.26. The van der Waals surface area contributed by atoms with E-state index >= 15 is 0 Å². The molecular formula is C4H9NO4S. The Kier molecular flexibility index (Phi) is 2.79. The van der Waals surface area contributed by atoms with Crippen LogP contribution in [-0.2, 0) is 14.8 Å². The van der Waals surface area contributed by atoms with Crippen LogP contribution in [0.4, 0.5) is 0 Å². The van der Waals surface area contributed by atoms with E-state index < -0.39 is 27.7 Å². The fourth-order valence-electron chi connectivity index (χ4n) is 0.420. The number of sulfonamides is 1. The van der Waals surface area contributed by atoms with Crippen molar-refractivity contribution in [2.75, 3.05) is 5.75 Å². The van der Waals surface area contributed by atoms with Crippen molar-refractivity contribution >= 4 is 16.0 Å². The third kappa shape index (κ3) is 4.28. The van der Waals surface area contributed by atoms with Gasteiger partial charge in [0.15, 0.2) is 0 Å². The largest absolute Gasteiger partial charge is 0.481 e. The summed E-state index contributed by atoms with van der Waals surface area (Å²) in [6, 6.07) is 0. The molecule has 0 aromatic rings. The third-order valence-electron chi connectivity index (χ3n) is 0.904. The minimum atomic E-state index is -3.65. The van der Waals surface area contributed by atoms with E-state index in [1.807, 2.05) is 0 Å². The first-order chi connectivity index (χ1) is 4.33. The Bertz CT molecular complexity index is 219. The highest BCUT2D eigenvalue weighted by Gasteiger charge is 2.16. The second kappa shape index (κ2) is 2.98. The molecule has 0 saturated heterocycles. The van der Waals surface area contributed by atoms with Gasteiger partial charge in [-0.2, -0.15) is 0 Å². The number of carbonyl (C=O) groups is 1. The van der Waals surface area contributed by atoms with Crippen LogP contribution in [0.2, 0.25) is 0 Å². The van der Waals surface area contributed by atoms with E-state index in [1.54, 1.807) is 0 Å². The molecule has 0 bridgehead atoms. The van der Waals surface area contributed by atoms with Crippen LogP contribution in [0, 0.1) is 5.92 Å². The summed E-state index contributed by atoms with van der Waals surface area (Å²) < 4.78 is 20.5. The Morgan fingerprint density at radius 1 is 1.70 bits per heavy atom. The lowest BCUT2D eigenvalue weighted by Gasteiger charge is -2.01. The van der Waals surface area contributed by atoms with Crippen molar-refractivity contribution in [3.05, 3.63) is 0 Å². The summed E-state index contributed by atoms with van der Waals surface area (Å²) in [4.78, 5) is 10.1. The number of carboxylic acids is 1. The molecule has 0 aromatic heterocycles. The van der Waals surface area contributed by atoms with Gasteiger partial charge in [0.2, 0.25) is 10.0 Å². The topological polar surface area (TPSA) is 97.5 Å². The number of rotatable bonds is 3. The van der Waals surface area contributed by atoms with Crippen LogP contribution in [-0.4, -0.2) is 25.2 Å². The Balaban J connectivity index is 4.06. The first kappa shape index (κ1) is 9.38. The van der Waals surface area contributed by atoms with Crippen LogP contribution in [0.1, 0.15) is 6.92 Å². The predicted molar refractivity (Wildman–Crippen MR) is 34.8 cm³/mol. The summed E-state index contributed by atoms with van der Waals surface area (Å²) in [5.41, 5.74) is 0. The van der Waals surface area contributed by atoms with E-state index in [2.05, 4.69) is 5.14 Å². The molecule has 0 saturated carbocycles. The van der Waals surface area contributed by atoms with E-state index in [-0.39, 0.29) is 0 Å². The molecule has 6 heteroatoms. The maximum absolute atomic E-state index is 10.3. The van der Waals surface area contributed by atoms with Gasteiger partial charge in [-0.15, -0.1) is 0 Å². The van der Waals surface area contributed by atoms with E-state index in [9.17, 15) is 13.2 Å². The molecule has 0 fully saturated rings. The fourth-order valence-corrected chi connectivity index (χ4v) is 1.26. The van der Waals surface area contributed by atoms with Crippen LogP contribution in [0.25, 0.3) is 0 Å². The van der Waals surface area contributed by atoms with E-state index in [0.29, 0.717) is 0 Å². The number of primary sulfonamides is 1. The van der Waals surface area contributed by atoms with Gasteiger partial charge in [-0.3, -0.25) is 4.79 Å². The molecule has 0 heterocycles. The Morgan fingerprint density at radius 3 is 2.20 bits per heavy atom. The van der Waals surface area contributed by atoms with Gasteiger partial charge < -0.3 is 5.11 Å². The normalized spacial score (nSPS) is 14.6. The Labute approximate surface area is 58.9 Å². The molecule has 0 aromatic carbocycles. The predicted octanol–water partition coefficient (Wildman–Crippen LogP) is -1.00. The van der Waals surface area contributed by atoms with Gasteiger partial charge in [-0.25, -0.2) is 13.6 Å². The van der Waals surface area contributed by atoms with Gasteiger partial charge in [0, 0.05) is 0 Å². The number of hydrogen-bond donors (Lipinski definition) is 2. The van der Waals surface area contributed by atoms with E-state index in [4.69, 9.17) is 5.11 Å². The Morgan fingerprint density at radius 2 is 2.10 bits per heavy atom. The quantitative estimate of drug-likeness (QED) is 0.563. The highest BCUT2D eigenvalue weighted by atomic mass is 32.2. The molecule has 0 rings (SSSR count). The fraction of sp³-hybridized carbons (Fsp3) is 0.750. The molecule has 0 aliphatic rings. The molecule has 3 N–H and O–H groups in total. The molecule has 0 aliphatic heterocycles. The molecule has 0 aliphatic carbocycles. The van der Waals surface area contributed by atoms with Crippen molar-refractivity contribution < 1.29 is 18.3 Å². The zero-order valence-electron chi connectivity index (χ0n) is 5.44.